The molecule has 0 atom stereocenters. The molecule has 1 aromatic carbocycles. The van der Waals surface area contributed by atoms with Crippen molar-refractivity contribution in [2.45, 2.75) is 24.2 Å². The molecule has 110 valence electrons. The molecule has 0 radical (unpaired) electrons. The van der Waals surface area contributed by atoms with E-state index in [-0.39, 0.29) is 15.9 Å². The number of amides is 1. The number of nitrogens with two attached hydrogens (primary N) is 1. The minimum atomic E-state index is -4.10. The zero-order valence-electron chi connectivity index (χ0n) is 10.6. The maximum Gasteiger partial charge on any atom is 0.255 e. The highest BCUT2D eigenvalue weighted by molar-refractivity contribution is 9.10. The summed E-state index contributed by atoms with van der Waals surface area (Å²) >= 11 is 3.05. The van der Waals surface area contributed by atoms with Gasteiger partial charge in [0.1, 0.15) is 5.82 Å². The highest BCUT2D eigenvalue weighted by atomic mass is 79.9. The Kier molecular flexibility index (Phi) is 4.46. The van der Waals surface area contributed by atoms with Crippen LogP contribution in [0.5, 0.6) is 0 Å². The minimum absolute atomic E-state index is 0.0111. The first-order chi connectivity index (χ1) is 9.30. The third-order valence-corrected chi connectivity index (χ3v) is 5.24. The Morgan fingerprint density at radius 2 is 1.85 bits per heavy atom. The summed E-state index contributed by atoms with van der Waals surface area (Å²) in [4.78, 5) is 13.5. The Labute approximate surface area is 125 Å². The summed E-state index contributed by atoms with van der Waals surface area (Å²) in [5.74, 6) is -1.20. The fourth-order valence-electron chi connectivity index (χ4n) is 2.19. The normalized spacial score (nSPS) is 16.2. The molecule has 1 aliphatic heterocycles. The van der Waals surface area contributed by atoms with E-state index in [1.807, 2.05) is 0 Å². The van der Waals surface area contributed by atoms with E-state index in [0.717, 1.165) is 31.4 Å². The monoisotopic (exact) mass is 364 g/mol. The van der Waals surface area contributed by atoms with Crippen molar-refractivity contribution in [3.8, 4) is 0 Å². The van der Waals surface area contributed by atoms with E-state index < -0.39 is 20.7 Å². The number of primary sulfonamides is 1. The summed E-state index contributed by atoms with van der Waals surface area (Å²) in [6.07, 6.45) is 2.83. The molecular weight excluding hydrogens is 351 g/mol. The van der Waals surface area contributed by atoms with Crippen molar-refractivity contribution >= 4 is 31.9 Å². The summed E-state index contributed by atoms with van der Waals surface area (Å²) in [6.45, 7) is 1.18. The second kappa shape index (κ2) is 5.79. The van der Waals surface area contributed by atoms with Gasteiger partial charge < -0.3 is 4.90 Å². The molecule has 0 unspecified atom stereocenters. The van der Waals surface area contributed by atoms with E-state index in [2.05, 4.69) is 15.9 Å². The van der Waals surface area contributed by atoms with E-state index in [1.165, 1.54) is 0 Å². The Morgan fingerprint density at radius 1 is 1.25 bits per heavy atom. The molecule has 0 spiro atoms. The molecule has 8 heteroatoms. The third-order valence-electron chi connectivity index (χ3n) is 3.18. The zero-order chi connectivity index (χ0) is 14.9. The molecule has 1 aromatic rings. The molecule has 1 saturated heterocycles. The molecule has 0 aliphatic carbocycles. The van der Waals surface area contributed by atoms with Gasteiger partial charge in [-0.1, -0.05) is 0 Å². The molecule has 2 rings (SSSR count). The number of halogens is 2. The van der Waals surface area contributed by atoms with Crippen LogP contribution >= 0.6 is 15.9 Å². The van der Waals surface area contributed by atoms with Gasteiger partial charge in [0.25, 0.3) is 5.91 Å². The summed E-state index contributed by atoms with van der Waals surface area (Å²) in [6, 6.07) is 1.82. The number of benzene rings is 1. The standard InChI is InChI=1S/C12H14BrFN2O3S/c13-11-9(12(17)16-4-2-1-3-5-16)6-8(14)7-10(11)20(15,18)19/h6-7H,1-5H2,(H2,15,18,19). The number of rotatable bonds is 2. The van der Waals surface area contributed by atoms with Crippen LogP contribution in [0.3, 0.4) is 0 Å². The smallest absolute Gasteiger partial charge is 0.255 e. The van der Waals surface area contributed by atoms with Gasteiger partial charge in [0.2, 0.25) is 10.0 Å². The SMILES string of the molecule is NS(=O)(=O)c1cc(F)cc(C(=O)N2CCCCC2)c1Br. The van der Waals surface area contributed by atoms with Crippen LogP contribution in [-0.4, -0.2) is 32.3 Å². The quantitative estimate of drug-likeness (QED) is 0.869. The average molecular weight is 365 g/mol. The lowest BCUT2D eigenvalue weighted by atomic mass is 10.1. The number of hydrogen-bond acceptors (Lipinski definition) is 3. The predicted molar refractivity (Wildman–Crippen MR) is 75.2 cm³/mol. The van der Waals surface area contributed by atoms with Crippen molar-refractivity contribution in [3.05, 3.63) is 28.0 Å². The van der Waals surface area contributed by atoms with Crippen molar-refractivity contribution in [3.63, 3.8) is 0 Å². The fraction of sp³-hybridized carbons (Fsp3) is 0.417. The van der Waals surface area contributed by atoms with Gasteiger partial charge in [-0.25, -0.2) is 17.9 Å². The van der Waals surface area contributed by atoms with Gasteiger partial charge in [-0.05, 0) is 47.3 Å². The van der Waals surface area contributed by atoms with Crippen molar-refractivity contribution < 1.29 is 17.6 Å². The maximum atomic E-state index is 13.6. The number of piperidine rings is 1. The van der Waals surface area contributed by atoms with Crippen molar-refractivity contribution in [1.29, 1.82) is 0 Å². The largest absolute Gasteiger partial charge is 0.339 e. The topological polar surface area (TPSA) is 80.5 Å². The fourth-order valence-corrected chi connectivity index (χ4v) is 3.91. The van der Waals surface area contributed by atoms with Gasteiger partial charge >= 0.3 is 0 Å². The Morgan fingerprint density at radius 3 is 2.40 bits per heavy atom. The van der Waals surface area contributed by atoms with Crippen LogP contribution in [0.1, 0.15) is 29.6 Å². The Hall–Kier alpha value is -0.990. The second-order valence-corrected chi connectivity index (χ2v) is 6.99. The number of nitrogens with zero attached hydrogens (tertiary/aromatic N) is 1. The lowest BCUT2D eigenvalue weighted by Crippen LogP contribution is -2.36. The number of carbonyl (C=O) groups excluding carboxylic acids is 1. The van der Waals surface area contributed by atoms with Gasteiger partial charge in [-0.2, -0.15) is 0 Å². The van der Waals surface area contributed by atoms with Crippen LogP contribution in [-0.2, 0) is 10.0 Å². The lowest BCUT2D eigenvalue weighted by Gasteiger charge is -2.27. The number of hydrogen-bond donors (Lipinski definition) is 1. The first-order valence-corrected chi connectivity index (χ1v) is 8.46. The lowest BCUT2D eigenvalue weighted by molar-refractivity contribution is 0.0722. The predicted octanol–water partition coefficient (Wildman–Crippen LogP) is 1.86. The van der Waals surface area contributed by atoms with E-state index in [0.29, 0.717) is 13.1 Å². The van der Waals surface area contributed by atoms with Gasteiger partial charge in [0, 0.05) is 13.1 Å². The van der Waals surface area contributed by atoms with Crippen molar-refractivity contribution in [2.24, 2.45) is 5.14 Å². The first-order valence-electron chi connectivity index (χ1n) is 6.12. The minimum Gasteiger partial charge on any atom is -0.339 e. The average Bonchev–Trinajstić information content (AvgIpc) is 2.40. The van der Waals surface area contributed by atoms with Crippen LogP contribution in [0.2, 0.25) is 0 Å². The molecular formula is C12H14BrFN2O3S. The first kappa shape index (κ1) is 15.4. The molecule has 0 aromatic heterocycles. The molecule has 0 saturated carbocycles. The molecule has 2 N–H and O–H groups in total. The molecule has 20 heavy (non-hydrogen) atoms. The van der Waals surface area contributed by atoms with Crippen LogP contribution in [0, 0.1) is 5.82 Å². The molecule has 0 bridgehead atoms. The van der Waals surface area contributed by atoms with E-state index in [9.17, 15) is 17.6 Å². The third kappa shape index (κ3) is 3.18. The molecule has 1 amide bonds. The van der Waals surface area contributed by atoms with Crippen LogP contribution in [0.25, 0.3) is 0 Å². The molecule has 5 nitrogen and oxygen atoms in total. The van der Waals surface area contributed by atoms with Crippen LogP contribution in [0.4, 0.5) is 4.39 Å². The summed E-state index contributed by atoms with van der Waals surface area (Å²) < 4.78 is 36.4. The Balaban J connectivity index is 2.46. The van der Waals surface area contributed by atoms with Gasteiger partial charge in [0.15, 0.2) is 0 Å². The van der Waals surface area contributed by atoms with E-state index in [1.54, 1.807) is 4.90 Å². The summed E-state index contributed by atoms with van der Waals surface area (Å²) in [7, 11) is -4.10. The van der Waals surface area contributed by atoms with Gasteiger partial charge in [0.05, 0.1) is 14.9 Å². The molecule has 1 aliphatic rings. The zero-order valence-corrected chi connectivity index (χ0v) is 13.0. The Bertz CT molecular complexity index is 642. The number of sulfonamides is 1. The van der Waals surface area contributed by atoms with Crippen LogP contribution in [0.15, 0.2) is 21.5 Å². The van der Waals surface area contributed by atoms with Crippen molar-refractivity contribution in [2.75, 3.05) is 13.1 Å². The second-order valence-electron chi connectivity index (χ2n) is 4.66. The van der Waals surface area contributed by atoms with Gasteiger partial charge in [-0.3, -0.25) is 4.79 Å². The maximum absolute atomic E-state index is 13.6. The van der Waals surface area contributed by atoms with Crippen molar-refractivity contribution in [1.82, 2.24) is 4.90 Å². The van der Waals surface area contributed by atoms with Gasteiger partial charge in [-0.15, -0.1) is 0 Å². The molecule has 1 fully saturated rings. The summed E-state index contributed by atoms with van der Waals surface area (Å²) in [5.41, 5.74) is -0.0177. The number of likely N-dealkylation sites (tertiary alicyclic amines) is 1. The highest BCUT2D eigenvalue weighted by Crippen LogP contribution is 2.28. The molecule has 1 heterocycles. The summed E-state index contributed by atoms with van der Waals surface area (Å²) in [5, 5.41) is 5.02. The van der Waals surface area contributed by atoms with E-state index >= 15 is 0 Å². The van der Waals surface area contributed by atoms with E-state index in [4.69, 9.17) is 5.14 Å². The van der Waals surface area contributed by atoms with Crippen LogP contribution < -0.4 is 5.14 Å². The highest BCUT2D eigenvalue weighted by Gasteiger charge is 2.25. The number of carbonyl (C=O) groups is 1.